The third kappa shape index (κ3) is 3.03. The molecule has 1 unspecified atom stereocenters. The first-order valence-electron chi connectivity index (χ1n) is 6.14. The molecule has 1 saturated heterocycles. The maximum atomic E-state index is 13.2. The summed E-state index contributed by atoms with van der Waals surface area (Å²) in [5, 5.41) is 3.39. The monoisotopic (exact) mass is 243 g/mol. The molecule has 0 radical (unpaired) electrons. The summed E-state index contributed by atoms with van der Waals surface area (Å²) in [7, 11) is 0. The minimum atomic E-state index is -2.86. The largest absolute Gasteiger partial charge is 0.346 e. The molecular weight excluding hydrogens is 224 g/mol. The van der Waals surface area contributed by atoms with E-state index in [1.807, 2.05) is 0 Å². The fourth-order valence-corrected chi connectivity index (χ4v) is 2.38. The third-order valence-corrected chi connectivity index (χ3v) is 3.20. The van der Waals surface area contributed by atoms with Crippen LogP contribution in [-0.2, 0) is 12.3 Å². The van der Waals surface area contributed by atoms with E-state index in [-0.39, 0.29) is 5.69 Å². The van der Waals surface area contributed by atoms with Crippen molar-refractivity contribution in [3.8, 4) is 0 Å². The second kappa shape index (κ2) is 4.72. The van der Waals surface area contributed by atoms with Gasteiger partial charge in [0.15, 0.2) is 0 Å². The smallest absolute Gasteiger partial charge is 0.288 e. The molecule has 3 nitrogen and oxygen atoms in total. The van der Waals surface area contributed by atoms with Crippen molar-refractivity contribution in [2.24, 2.45) is 0 Å². The van der Waals surface area contributed by atoms with Gasteiger partial charge in [0, 0.05) is 25.1 Å². The highest BCUT2D eigenvalue weighted by atomic mass is 19.3. The predicted molar refractivity (Wildman–Crippen MR) is 62.2 cm³/mol. The van der Waals surface area contributed by atoms with Gasteiger partial charge in [-0.2, -0.15) is 8.78 Å². The first-order valence-corrected chi connectivity index (χ1v) is 6.14. The summed E-state index contributed by atoms with van der Waals surface area (Å²) in [5.41, 5.74) is 0.353. The summed E-state index contributed by atoms with van der Waals surface area (Å²) < 4.78 is 26.4. The summed E-state index contributed by atoms with van der Waals surface area (Å²) in [5.74, 6) is -2.20. The lowest BCUT2D eigenvalue weighted by molar-refractivity contribution is 0.0124. The normalized spacial score (nSPS) is 21.8. The fraction of sp³-hybridized carbons (Fsp3) is 0.750. The predicted octanol–water partition coefficient (Wildman–Crippen LogP) is 2.51. The zero-order valence-corrected chi connectivity index (χ0v) is 10.3. The van der Waals surface area contributed by atoms with E-state index in [9.17, 15) is 8.78 Å². The SMILES string of the molecule is Cc1[nH]c(CC2CCCCN2)nc1C(C)(F)F. The van der Waals surface area contributed by atoms with E-state index in [0.717, 1.165) is 19.9 Å². The number of halogens is 2. The molecule has 1 aromatic rings. The van der Waals surface area contributed by atoms with E-state index in [1.165, 1.54) is 12.8 Å². The number of H-pyrrole nitrogens is 1. The highest BCUT2D eigenvalue weighted by Crippen LogP contribution is 2.28. The highest BCUT2D eigenvalue weighted by Gasteiger charge is 2.30. The minimum absolute atomic E-state index is 0.122. The van der Waals surface area contributed by atoms with Gasteiger partial charge in [0.1, 0.15) is 11.5 Å². The zero-order valence-electron chi connectivity index (χ0n) is 10.3. The Labute approximate surface area is 100 Å². The Bertz CT molecular complexity index is 376. The number of nitrogens with zero attached hydrogens (tertiary/aromatic N) is 1. The van der Waals surface area contributed by atoms with Crippen LogP contribution in [0.25, 0.3) is 0 Å². The van der Waals surface area contributed by atoms with Crippen LogP contribution < -0.4 is 5.32 Å². The van der Waals surface area contributed by atoms with Crippen LogP contribution in [0, 0.1) is 6.92 Å². The molecule has 0 aromatic carbocycles. The molecule has 2 N–H and O–H groups in total. The van der Waals surface area contributed by atoms with Gasteiger partial charge in [-0.25, -0.2) is 4.98 Å². The van der Waals surface area contributed by atoms with E-state index in [4.69, 9.17) is 0 Å². The number of aryl methyl sites for hydroxylation is 1. The Balaban J connectivity index is 2.06. The van der Waals surface area contributed by atoms with E-state index >= 15 is 0 Å². The van der Waals surface area contributed by atoms with E-state index in [1.54, 1.807) is 6.92 Å². The van der Waals surface area contributed by atoms with Crippen molar-refractivity contribution in [1.29, 1.82) is 0 Å². The second-order valence-corrected chi connectivity index (χ2v) is 4.90. The Kier molecular flexibility index (Phi) is 3.47. The van der Waals surface area contributed by atoms with Crippen molar-refractivity contribution in [1.82, 2.24) is 15.3 Å². The lowest BCUT2D eigenvalue weighted by atomic mass is 10.0. The number of imidazole rings is 1. The first-order chi connectivity index (χ1) is 7.97. The molecule has 1 aliphatic heterocycles. The standard InChI is InChI=1S/C12H19F2N3/c1-8-11(12(2,13)14)17-10(16-8)7-9-5-3-4-6-15-9/h9,15H,3-7H2,1-2H3,(H,16,17). The molecule has 2 rings (SSSR count). The van der Waals surface area contributed by atoms with Crippen LogP contribution in [0.2, 0.25) is 0 Å². The van der Waals surface area contributed by atoms with E-state index in [2.05, 4.69) is 15.3 Å². The highest BCUT2D eigenvalue weighted by molar-refractivity contribution is 5.18. The quantitative estimate of drug-likeness (QED) is 0.856. The van der Waals surface area contributed by atoms with Crippen LogP contribution in [0.4, 0.5) is 8.78 Å². The molecule has 0 spiro atoms. The first kappa shape index (κ1) is 12.5. The fourth-order valence-electron chi connectivity index (χ4n) is 2.38. The number of nitrogens with one attached hydrogen (secondary N) is 2. The Morgan fingerprint density at radius 1 is 1.41 bits per heavy atom. The van der Waals surface area contributed by atoms with Crippen LogP contribution in [0.3, 0.4) is 0 Å². The maximum Gasteiger partial charge on any atom is 0.288 e. The Morgan fingerprint density at radius 3 is 2.71 bits per heavy atom. The molecule has 1 aromatic heterocycles. The molecule has 0 amide bonds. The zero-order chi connectivity index (χ0) is 12.5. The van der Waals surface area contributed by atoms with Gasteiger partial charge in [-0.3, -0.25) is 0 Å². The Morgan fingerprint density at radius 2 is 2.18 bits per heavy atom. The average Bonchev–Trinajstić information content (AvgIpc) is 2.60. The van der Waals surface area contributed by atoms with Crippen LogP contribution in [-0.4, -0.2) is 22.6 Å². The topological polar surface area (TPSA) is 40.7 Å². The summed E-state index contributed by atoms with van der Waals surface area (Å²) >= 11 is 0. The summed E-state index contributed by atoms with van der Waals surface area (Å²) in [6.45, 7) is 3.55. The van der Waals surface area contributed by atoms with Crippen molar-refractivity contribution in [2.75, 3.05) is 6.54 Å². The third-order valence-electron chi connectivity index (χ3n) is 3.20. The average molecular weight is 243 g/mol. The van der Waals surface area contributed by atoms with Crippen LogP contribution >= 0.6 is 0 Å². The molecule has 96 valence electrons. The van der Waals surface area contributed by atoms with Crippen molar-refractivity contribution in [2.45, 2.75) is 51.5 Å². The molecule has 0 saturated carbocycles. The molecule has 5 heteroatoms. The summed E-state index contributed by atoms with van der Waals surface area (Å²) in [6.07, 6.45) is 4.20. The maximum absolute atomic E-state index is 13.2. The van der Waals surface area contributed by atoms with Crippen molar-refractivity contribution in [3.05, 3.63) is 17.2 Å². The number of piperidine rings is 1. The van der Waals surface area contributed by atoms with E-state index < -0.39 is 5.92 Å². The van der Waals surface area contributed by atoms with Gasteiger partial charge in [-0.15, -0.1) is 0 Å². The van der Waals surface area contributed by atoms with Crippen LogP contribution in [0.1, 0.15) is 43.4 Å². The Hall–Kier alpha value is -0.970. The molecule has 1 aliphatic rings. The lowest BCUT2D eigenvalue weighted by Gasteiger charge is -2.22. The molecule has 0 bridgehead atoms. The summed E-state index contributed by atoms with van der Waals surface area (Å²) in [4.78, 5) is 7.00. The number of aromatic nitrogens is 2. The molecule has 1 atom stereocenters. The molecule has 1 fully saturated rings. The van der Waals surface area contributed by atoms with Crippen LogP contribution in [0.5, 0.6) is 0 Å². The molecule has 0 aliphatic carbocycles. The van der Waals surface area contributed by atoms with Gasteiger partial charge in [-0.05, 0) is 26.3 Å². The number of aromatic amines is 1. The van der Waals surface area contributed by atoms with Gasteiger partial charge in [0.2, 0.25) is 0 Å². The molecular formula is C12H19F2N3. The minimum Gasteiger partial charge on any atom is -0.346 e. The molecule has 2 heterocycles. The van der Waals surface area contributed by atoms with Crippen molar-refractivity contribution >= 4 is 0 Å². The van der Waals surface area contributed by atoms with Gasteiger partial charge in [0.05, 0.1) is 0 Å². The van der Waals surface area contributed by atoms with Crippen molar-refractivity contribution < 1.29 is 8.78 Å². The number of hydrogen-bond acceptors (Lipinski definition) is 2. The second-order valence-electron chi connectivity index (χ2n) is 4.90. The van der Waals surface area contributed by atoms with E-state index in [0.29, 0.717) is 24.0 Å². The molecule has 17 heavy (non-hydrogen) atoms. The summed E-state index contributed by atoms with van der Waals surface area (Å²) in [6, 6.07) is 0.368. The van der Waals surface area contributed by atoms with Gasteiger partial charge < -0.3 is 10.3 Å². The number of hydrogen-bond donors (Lipinski definition) is 2. The number of alkyl halides is 2. The number of rotatable bonds is 3. The lowest BCUT2D eigenvalue weighted by Crippen LogP contribution is -2.35. The van der Waals surface area contributed by atoms with Gasteiger partial charge in [-0.1, -0.05) is 6.42 Å². The van der Waals surface area contributed by atoms with Crippen molar-refractivity contribution in [3.63, 3.8) is 0 Å². The van der Waals surface area contributed by atoms with Crippen LogP contribution in [0.15, 0.2) is 0 Å². The van der Waals surface area contributed by atoms with Gasteiger partial charge in [0.25, 0.3) is 5.92 Å². The van der Waals surface area contributed by atoms with Gasteiger partial charge >= 0.3 is 0 Å².